The average Bonchev–Trinajstić information content (AvgIpc) is 2.81. The zero-order chi connectivity index (χ0) is 14.9. The average molecular weight is 303 g/mol. The molecule has 0 saturated carbocycles. The fourth-order valence-corrected chi connectivity index (χ4v) is 2.45. The molecule has 2 rings (SSSR count). The molecule has 0 amide bonds. The molecule has 20 heavy (non-hydrogen) atoms. The van der Waals surface area contributed by atoms with Gasteiger partial charge in [-0.15, -0.1) is 11.3 Å². The van der Waals surface area contributed by atoms with E-state index in [4.69, 9.17) is 4.74 Å². The van der Waals surface area contributed by atoms with Crippen LogP contribution in [0.25, 0.3) is 10.2 Å². The van der Waals surface area contributed by atoms with E-state index in [1.165, 1.54) is 7.11 Å². The van der Waals surface area contributed by atoms with Gasteiger partial charge in [-0.2, -0.15) is 13.2 Å². The predicted octanol–water partition coefficient (Wildman–Crippen LogP) is 3.01. The maximum atomic E-state index is 12.1. The molecular formula is C12H8F3NO3S. The van der Waals surface area contributed by atoms with Gasteiger partial charge in [0.2, 0.25) is 5.78 Å². The van der Waals surface area contributed by atoms with Crippen LogP contribution in [0.15, 0.2) is 18.2 Å². The number of Topliss-reactive ketones (excluding diaryl/α,β-unsaturated/α-hetero) is 2. The van der Waals surface area contributed by atoms with Crippen LogP contribution in [0.2, 0.25) is 0 Å². The first-order chi connectivity index (χ1) is 9.32. The second kappa shape index (κ2) is 5.20. The Morgan fingerprint density at radius 1 is 1.35 bits per heavy atom. The van der Waals surface area contributed by atoms with Crippen molar-refractivity contribution in [1.29, 1.82) is 0 Å². The Hall–Kier alpha value is -1.96. The number of ether oxygens (including phenoxy) is 1. The summed E-state index contributed by atoms with van der Waals surface area (Å²) in [6, 6.07) is 4.96. The first kappa shape index (κ1) is 14.4. The summed E-state index contributed by atoms with van der Waals surface area (Å²) in [5.41, 5.74) is 0.391. The summed E-state index contributed by atoms with van der Waals surface area (Å²) in [6.45, 7) is 0. The van der Waals surface area contributed by atoms with Crippen LogP contribution < -0.4 is 4.74 Å². The van der Waals surface area contributed by atoms with E-state index in [9.17, 15) is 22.8 Å². The Bertz CT molecular complexity index is 678. The molecule has 0 aliphatic rings. The number of carbonyl (C=O) groups excluding carboxylic acids is 2. The van der Waals surface area contributed by atoms with Crippen LogP contribution in [-0.2, 0) is 4.79 Å². The summed E-state index contributed by atoms with van der Waals surface area (Å²) in [4.78, 5) is 26.4. The van der Waals surface area contributed by atoms with E-state index in [0.29, 0.717) is 16.0 Å². The Balaban J connectivity index is 2.30. The third-order valence-electron chi connectivity index (χ3n) is 2.48. The molecule has 0 saturated heterocycles. The number of alkyl halides is 3. The predicted molar refractivity (Wildman–Crippen MR) is 66.2 cm³/mol. The van der Waals surface area contributed by atoms with E-state index in [0.717, 1.165) is 11.3 Å². The summed E-state index contributed by atoms with van der Waals surface area (Å²) in [6.07, 6.45) is -6.24. The first-order valence-corrected chi connectivity index (χ1v) is 6.21. The van der Waals surface area contributed by atoms with Gasteiger partial charge in [0.25, 0.3) is 0 Å². The van der Waals surface area contributed by atoms with Crippen molar-refractivity contribution in [2.24, 2.45) is 0 Å². The minimum atomic E-state index is -5.01. The van der Waals surface area contributed by atoms with Gasteiger partial charge >= 0.3 is 6.18 Å². The van der Waals surface area contributed by atoms with Crippen molar-refractivity contribution in [3.63, 3.8) is 0 Å². The molecule has 0 atom stereocenters. The molecule has 1 aromatic carbocycles. The molecule has 0 radical (unpaired) electrons. The highest BCUT2D eigenvalue weighted by molar-refractivity contribution is 7.20. The molecule has 0 fully saturated rings. The van der Waals surface area contributed by atoms with E-state index in [-0.39, 0.29) is 5.01 Å². The van der Waals surface area contributed by atoms with Gasteiger partial charge in [-0.1, -0.05) is 6.07 Å². The minimum absolute atomic E-state index is 0.137. The number of aromatic nitrogens is 1. The summed E-state index contributed by atoms with van der Waals surface area (Å²) in [7, 11) is 1.42. The van der Waals surface area contributed by atoms with E-state index in [1.807, 2.05) is 0 Å². The normalized spacial score (nSPS) is 11.6. The van der Waals surface area contributed by atoms with Crippen LogP contribution in [0.1, 0.15) is 16.2 Å². The van der Waals surface area contributed by atoms with Crippen LogP contribution in [0.3, 0.4) is 0 Å². The van der Waals surface area contributed by atoms with Crippen LogP contribution in [0, 0.1) is 0 Å². The minimum Gasteiger partial charge on any atom is -0.494 e. The molecule has 0 aliphatic carbocycles. The number of hydrogen-bond donors (Lipinski definition) is 0. The maximum absolute atomic E-state index is 12.1. The smallest absolute Gasteiger partial charge is 0.450 e. The van der Waals surface area contributed by atoms with E-state index < -0.39 is 24.2 Å². The fraction of sp³-hybridized carbons (Fsp3) is 0.250. The van der Waals surface area contributed by atoms with E-state index in [1.54, 1.807) is 18.2 Å². The van der Waals surface area contributed by atoms with Gasteiger partial charge in [0.15, 0.2) is 10.8 Å². The molecule has 4 nitrogen and oxygen atoms in total. The highest BCUT2D eigenvalue weighted by atomic mass is 32.1. The molecule has 2 aromatic rings. The standard InChI is InChI=1S/C12H8F3NO3S/c1-19-7-3-2-4-8-10(7)16-11(20-8)6(17)5-9(18)12(13,14)15/h2-4H,5H2,1H3. The number of fused-ring (bicyclic) bond motifs is 1. The number of rotatable bonds is 4. The third-order valence-corrected chi connectivity index (χ3v) is 3.54. The molecule has 0 N–H and O–H groups in total. The van der Waals surface area contributed by atoms with Gasteiger partial charge in [0, 0.05) is 0 Å². The number of thiazole rings is 1. The number of nitrogens with zero attached hydrogens (tertiary/aromatic N) is 1. The third kappa shape index (κ3) is 2.79. The lowest BCUT2D eigenvalue weighted by atomic mass is 10.2. The van der Waals surface area contributed by atoms with Gasteiger partial charge in [-0.25, -0.2) is 4.98 Å². The molecule has 0 unspecified atom stereocenters. The molecule has 0 aliphatic heterocycles. The van der Waals surface area contributed by atoms with Crippen molar-refractivity contribution < 1.29 is 27.5 Å². The Morgan fingerprint density at radius 2 is 2.05 bits per heavy atom. The van der Waals surface area contributed by atoms with Crippen LogP contribution in [-0.4, -0.2) is 29.8 Å². The Labute approximate surface area is 115 Å². The lowest BCUT2D eigenvalue weighted by Gasteiger charge is -2.02. The molecule has 1 heterocycles. The van der Waals surface area contributed by atoms with Crippen molar-refractivity contribution in [3.8, 4) is 5.75 Å². The fourth-order valence-electron chi connectivity index (χ4n) is 1.53. The van der Waals surface area contributed by atoms with E-state index >= 15 is 0 Å². The lowest BCUT2D eigenvalue weighted by Crippen LogP contribution is -2.25. The van der Waals surface area contributed by atoms with Gasteiger partial charge in [0.05, 0.1) is 18.2 Å². The molecule has 0 spiro atoms. The van der Waals surface area contributed by atoms with Gasteiger partial charge in [-0.05, 0) is 12.1 Å². The summed E-state index contributed by atoms with van der Waals surface area (Å²) in [5.74, 6) is -2.61. The summed E-state index contributed by atoms with van der Waals surface area (Å²) >= 11 is 0.927. The van der Waals surface area contributed by atoms with Crippen LogP contribution in [0.4, 0.5) is 13.2 Å². The molecule has 0 bridgehead atoms. The number of halogens is 3. The van der Waals surface area contributed by atoms with Crippen molar-refractivity contribution in [3.05, 3.63) is 23.2 Å². The van der Waals surface area contributed by atoms with Crippen molar-refractivity contribution >= 4 is 33.1 Å². The quantitative estimate of drug-likeness (QED) is 0.643. The van der Waals surface area contributed by atoms with E-state index in [2.05, 4.69) is 4.98 Å². The zero-order valence-electron chi connectivity index (χ0n) is 10.2. The van der Waals surface area contributed by atoms with Gasteiger partial charge < -0.3 is 4.74 Å². The molecular weight excluding hydrogens is 295 g/mol. The largest absolute Gasteiger partial charge is 0.494 e. The number of methoxy groups -OCH3 is 1. The molecule has 106 valence electrons. The number of para-hydroxylation sites is 1. The number of carbonyl (C=O) groups is 2. The highest BCUT2D eigenvalue weighted by Gasteiger charge is 2.39. The summed E-state index contributed by atoms with van der Waals surface area (Å²) < 4.78 is 42.0. The molecule has 1 aromatic heterocycles. The Morgan fingerprint density at radius 3 is 2.65 bits per heavy atom. The first-order valence-electron chi connectivity index (χ1n) is 5.39. The Kier molecular flexibility index (Phi) is 3.76. The number of benzene rings is 1. The second-order valence-corrected chi connectivity index (χ2v) is 4.88. The summed E-state index contributed by atoms with van der Waals surface area (Å²) in [5, 5.41) is -0.137. The second-order valence-electron chi connectivity index (χ2n) is 3.85. The SMILES string of the molecule is COc1cccc2sc(C(=O)CC(=O)C(F)(F)F)nc12. The van der Waals surface area contributed by atoms with Crippen molar-refractivity contribution in [2.75, 3.05) is 7.11 Å². The highest BCUT2D eigenvalue weighted by Crippen LogP contribution is 2.30. The molecule has 8 heteroatoms. The van der Waals surface area contributed by atoms with Gasteiger partial charge in [-0.3, -0.25) is 9.59 Å². The monoisotopic (exact) mass is 303 g/mol. The van der Waals surface area contributed by atoms with Gasteiger partial charge in [0.1, 0.15) is 11.3 Å². The lowest BCUT2D eigenvalue weighted by molar-refractivity contribution is -0.170. The van der Waals surface area contributed by atoms with Crippen molar-refractivity contribution in [2.45, 2.75) is 12.6 Å². The van der Waals surface area contributed by atoms with Crippen molar-refractivity contribution in [1.82, 2.24) is 4.98 Å². The number of hydrogen-bond acceptors (Lipinski definition) is 5. The zero-order valence-corrected chi connectivity index (χ0v) is 11.0. The maximum Gasteiger partial charge on any atom is 0.450 e. The number of ketones is 2. The van der Waals surface area contributed by atoms with Crippen LogP contribution >= 0.6 is 11.3 Å². The van der Waals surface area contributed by atoms with Crippen LogP contribution in [0.5, 0.6) is 5.75 Å². The topological polar surface area (TPSA) is 56.3 Å².